The van der Waals surface area contributed by atoms with Gasteiger partial charge in [-0.3, -0.25) is 9.59 Å². The van der Waals surface area contributed by atoms with E-state index in [9.17, 15) is 9.59 Å². The predicted molar refractivity (Wildman–Crippen MR) is 66.0 cm³/mol. The van der Waals surface area contributed by atoms with Gasteiger partial charge < -0.3 is 20.8 Å². The van der Waals surface area contributed by atoms with E-state index in [0.717, 1.165) is 0 Å². The lowest BCUT2D eigenvalue weighted by Gasteiger charge is -2.13. The van der Waals surface area contributed by atoms with E-state index in [-0.39, 0.29) is 12.4 Å². The van der Waals surface area contributed by atoms with Crippen LogP contribution >= 0.6 is 0 Å². The molecule has 2 amide bonds. The molecule has 0 aliphatic carbocycles. The van der Waals surface area contributed by atoms with E-state index in [1.54, 1.807) is 6.92 Å². The molecule has 0 saturated heterocycles. The van der Waals surface area contributed by atoms with Gasteiger partial charge in [-0.15, -0.1) is 0 Å². The number of aliphatic hydroxyl groups excluding tert-OH is 1. The number of hydrogen-bond donors (Lipinski definition) is 4. The van der Waals surface area contributed by atoms with Gasteiger partial charge in [-0.05, 0) is 30.7 Å². The molecule has 0 saturated carbocycles. The van der Waals surface area contributed by atoms with Crippen molar-refractivity contribution in [1.29, 1.82) is 0 Å². The minimum absolute atomic E-state index is 0.0729. The number of aliphatic hydroxyl groups is 1. The molecule has 6 nitrogen and oxygen atoms in total. The van der Waals surface area contributed by atoms with Crippen LogP contribution < -0.4 is 10.6 Å². The number of aromatic hydroxyl groups is 1. The average Bonchev–Trinajstić information content (AvgIpc) is 2.38. The van der Waals surface area contributed by atoms with Crippen molar-refractivity contribution in [2.45, 2.75) is 19.4 Å². The monoisotopic (exact) mass is 252 g/mol. The highest BCUT2D eigenvalue weighted by Gasteiger charge is 2.17. The zero-order valence-corrected chi connectivity index (χ0v) is 10.0. The lowest BCUT2D eigenvalue weighted by Crippen LogP contribution is -2.43. The van der Waals surface area contributed by atoms with Crippen molar-refractivity contribution in [1.82, 2.24) is 5.32 Å². The van der Waals surface area contributed by atoms with E-state index < -0.39 is 17.9 Å². The van der Waals surface area contributed by atoms with Crippen molar-refractivity contribution in [3.63, 3.8) is 0 Å². The van der Waals surface area contributed by atoms with Crippen molar-refractivity contribution in [2.75, 3.05) is 11.9 Å². The van der Waals surface area contributed by atoms with Crippen LogP contribution in [0.15, 0.2) is 24.3 Å². The van der Waals surface area contributed by atoms with Crippen LogP contribution in [0.2, 0.25) is 0 Å². The normalized spacial score (nSPS) is 11.7. The second-order valence-corrected chi connectivity index (χ2v) is 3.76. The van der Waals surface area contributed by atoms with Crippen LogP contribution in [-0.2, 0) is 9.59 Å². The molecule has 0 aliphatic heterocycles. The summed E-state index contributed by atoms with van der Waals surface area (Å²) >= 11 is 0. The molecule has 1 aromatic rings. The lowest BCUT2D eigenvalue weighted by atomic mass is 10.2. The molecule has 0 bridgehead atoms. The summed E-state index contributed by atoms with van der Waals surface area (Å²) in [7, 11) is 0. The summed E-state index contributed by atoms with van der Waals surface area (Å²) < 4.78 is 0. The highest BCUT2D eigenvalue weighted by Crippen LogP contribution is 2.13. The smallest absolute Gasteiger partial charge is 0.313 e. The Hall–Kier alpha value is -2.08. The van der Waals surface area contributed by atoms with Gasteiger partial charge in [0.05, 0.1) is 12.6 Å². The quantitative estimate of drug-likeness (QED) is 0.455. The number of anilines is 1. The average molecular weight is 252 g/mol. The molecule has 6 heteroatoms. The van der Waals surface area contributed by atoms with Crippen molar-refractivity contribution in [2.24, 2.45) is 0 Å². The van der Waals surface area contributed by atoms with Gasteiger partial charge in [-0.2, -0.15) is 0 Å². The van der Waals surface area contributed by atoms with Gasteiger partial charge in [0.15, 0.2) is 0 Å². The van der Waals surface area contributed by atoms with Crippen LogP contribution in [0.3, 0.4) is 0 Å². The van der Waals surface area contributed by atoms with E-state index >= 15 is 0 Å². The zero-order valence-electron chi connectivity index (χ0n) is 10.0. The maximum atomic E-state index is 11.5. The maximum Gasteiger partial charge on any atom is 0.313 e. The van der Waals surface area contributed by atoms with Crippen molar-refractivity contribution in [3.8, 4) is 5.75 Å². The first kappa shape index (κ1) is 14.0. The third-order valence-electron chi connectivity index (χ3n) is 2.38. The molecule has 0 heterocycles. The summed E-state index contributed by atoms with van der Waals surface area (Å²) in [5.74, 6) is -1.54. The first-order chi connectivity index (χ1) is 8.56. The number of carbonyl (C=O) groups excluding carboxylic acids is 2. The third kappa shape index (κ3) is 4.06. The molecular formula is C12H16N2O4. The molecule has 0 radical (unpaired) electrons. The van der Waals surface area contributed by atoms with Crippen molar-refractivity contribution < 1.29 is 19.8 Å². The van der Waals surface area contributed by atoms with E-state index in [2.05, 4.69) is 10.6 Å². The highest BCUT2D eigenvalue weighted by atomic mass is 16.3. The number of amides is 2. The fourth-order valence-electron chi connectivity index (χ4n) is 1.26. The van der Waals surface area contributed by atoms with Crippen molar-refractivity contribution in [3.05, 3.63) is 24.3 Å². The van der Waals surface area contributed by atoms with Gasteiger partial charge >= 0.3 is 11.8 Å². The molecular weight excluding hydrogens is 236 g/mol. The van der Waals surface area contributed by atoms with E-state index in [4.69, 9.17) is 10.2 Å². The molecule has 18 heavy (non-hydrogen) atoms. The van der Waals surface area contributed by atoms with Crippen LogP contribution in [0.1, 0.15) is 13.3 Å². The van der Waals surface area contributed by atoms with Gasteiger partial charge in [0.2, 0.25) is 0 Å². The van der Waals surface area contributed by atoms with Crippen LogP contribution in [-0.4, -0.2) is 34.7 Å². The molecule has 0 fully saturated rings. The number of hydrogen-bond acceptors (Lipinski definition) is 4. The summed E-state index contributed by atoms with van der Waals surface area (Å²) in [6.07, 6.45) is 0.536. The number of benzene rings is 1. The Morgan fingerprint density at radius 3 is 2.33 bits per heavy atom. The first-order valence-corrected chi connectivity index (χ1v) is 5.58. The van der Waals surface area contributed by atoms with Crippen LogP contribution in [0.5, 0.6) is 5.75 Å². The summed E-state index contributed by atoms with van der Waals surface area (Å²) in [6.45, 7) is 1.58. The molecule has 98 valence electrons. The summed E-state index contributed by atoms with van der Waals surface area (Å²) in [4.78, 5) is 23.0. The lowest BCUT2D eigenvalue weighted by molar-refractivity contribution is -0.136. The Labute approximate surface area is 105 Å². The Kier molecular flexibility index (Phi) is 5.13. The fraction of sp³-hybridized carbons (Fsp3) is 0.333. The minimum Gasteiger partial charge on any atom is -0.508 e. The van der Waals surface area contributed by atoms with E-state index in [1.807, 2.05) is 0 Å². The van der Waals surface area contributed by atoms with Crippen LogP contribution in [0.4, 0.5) is 5.69 Å². The van der Waals surface area contributed by atoms with Gasteiger partial charge in [0.1, 0.15) is 5.75 Å². The number of phenols is 1. The molecule has 1 unspecified atom stereocenters. The Bertz CT molecular complexity index is 413. The van der Waals surface area contributed by atoms with Gasteiger partial charge in [0, 0.05) is 5.69 Å². The number of rotatable bonds is 4. The Morgan fingerprint density at radius 1 is 1.22 bits per heavy atom. The number of carbonyl (C=O) groups is 2. The molecule has 0 aromatic heterocycles. The molecule has 0 spiro atoms. The maximum absolute atomic E-state index is 11.5. The number of phenolic OH excluding ortho intramolecular Hbond substituents is 1. The predicted octanol–water partition coefficient (Wildman–Crippen LogP) is 0.218. The number of nitrogens with one attached hydrogen (secondary N) is 2. The Morgan fingerprint density at radius 2 is 1.83 bits per heavy atom. The van der Waals surface area contributed by atoms with Gasteiger partial charge in [-0.25, -0.2) is 0 Å². The summed E-state index contributed by atoms with van der Waals surface area (Å²) in [5.41, 5.74) is 0.407. The largest absolute Gasteiger partial charge is 0.508 e. The fourth-order valence-corrected chi connectivity index (χ4v) is 1.26. The van der Waals surface area contributed by atoms with Gasteiger partial charge in [-0.1, -0.05) is 6.92 Å². The molecule has 0 aliphatic rings. The molecule has 1 atom stereocenters. The first-order valence-electron chi connectivity index (χ1n) is 5.58. The highest BCUT2D eigenvalue weighted by molar-refractivity contribution is 6.39. The van der Waals surface area contributed by atoms with E-state index in [0.29, 0.717) is 12.1 Å². The molecule has 1 aromatic carbocycles. The molecule has 1 rings (SSSR count). The minimum atomic E-state index is -0.812. The summed E-state index contributed by atoms with van der Waals surface area (Å²) in [5, 5.41) is 22.7. The van der Waals surface area contributed by atoms with Crippen LogP contribution in [0.25, 0.3) is 0 Å². The van der Waals surface area contributed by atoms with Gasteiger partial charge in [0.25, 0.3) is 0 Å². The van der Waals surface area contributed by atoms with E-state index in [1.165, 1.54) is 24.3 Å². The zero-order chi connectivity index (χ0) is 13.5. The second-order valence-electron chi connectivity index (χ2n) is 3.76. The summed E-state index contributed by atoms with van der Waals surface area (Å²) in [6, 6.07) is 5.32. The van der Waals surface area contributed by atoms with Crippen molar-refractivity contribution >= 4 is 17.5 Å². The van der Waals surface area contributed by atoms with Crippen LogP contribution in [0, 0.1) is 0 Å². The molecule has 4 N–H and O–H groups in total. The Balaban J connectivity index is 2.54. The SMILES string of the molecule is CCC(CO)NC(=O)C(=O)Nc1ccc(O)cc1. The third-order valence-corrected chi connectivity index (χ3v) is 2.38. The topological polar surface area (TPSA) is 98.7 Å². The standard InChI is InChI=1S/C12H16N2O4/c1-2-8(7-15)13-11(17)12(18)14-9-3-5-10(16)6-4-9/h3-6,8,15-16H,2,7H2,1H3,(H,13,17)(H,14,18). The second kappa shape index (κ2) is 6.61.